The molecule has 100 valence electrons. The average Bonchev–Trinajstić information content (AvgIpc) is 2.29. The zero-order valence-corrected chi connectivity index (χ0v) is 11.8. The number of carbonyl (C=O) groups excluding carboxylic acids is 1. The molecule has 2 N–H and O–H groups in total. The second kappa shape index (κ2) is 6.43. The maximum Gasteiger partial charge on any atom is 0.319 e. The zero-order valence-electron chi connectivity index (χ0n) is 11.8. The SMILES string of the molecule is CCCCNC(=O)Nc1ccc(C(C)(C)C)cc1. The van der Waals surface area contributed by atoms with Crippen LogP contribution in [0, 0.1) is 0 Å². The van der Waals surface area contributed by atoms with Crippen molar-refractivity contribution >= 4 is 11.7 Å². The van der Waals surface area contributed by atoms with Crippen LogP contribution < -0.4 is 10.6 Å². The van der Waals surface area contributed by atoms with Gasteiger partial charge in [-0.3, -0.25) is 0 Å². The molecule has 0 unspecified atom stereocenters. The van der Waals surface area contributed by atoms with E-state index >= 15 is 0 Å². The molecule has 0 saturated heterocycles. The summed E-state index contributed by atoms with van der Waals surface area (Å²) in [6.45, 7) is 9.35. The molecule has 0 aromatic heterocycles. The van der Waals surface area contributed by atoms with E-state index in [2.05, 4.69) is 50.5 Å². The van der Waals surface area contributed by atoms with Gasteiger partial charge in [-0.1, -0.05) is 46.2 Å². The van der Waals surface area contributed by atoms with Crippen LogP contribution in [0.1, 0.15) is 46.1 Å². The molecule has 18 heavy (non-hydrogen) atoms. The van der Waals surface area contributed by atoms with E-state index in [4.69, 9.17) is 0 Å². The van der Waals surface area contributed by atoms with E-state index in [-0.39, 0.29) is 11.4 Å². The number of hydrogen-bond donors (Lipinski definition) is 2. The first kappa shape index (κ1) is 14.6. The van der Waals surface area contributed by atoms with Crippen LogP contribution in [0.3, 0.4) is 0 Å². The minimum atomic E-state index is -0.132. The predicted molar refractivity (Wildman–Crippen MR) is 77.1 cm³/mol. The van der Waals surface area contributed by atoms with E-state index in [1.165, 1.54) is 5.56 Å². The Morgan fingerprint density at radius 3 is 2.28 bits per heavy atom. The molecule has 3 nitrogen and oxygen atoms in total. The molecule has 3 heteroatoms. The molecule has 0 radical (unpaired) electrons. The highest BCUT2D eigenvalue weighted by Crippen LogP contribution is 2.23. The van der Waals surface area contributed by atoms with Crippen molar-refractivity contribution in [2.75, 3.05) is 11.9 Å². The summed E-state index contributed by atoms with van der Waals surface area (Å²) in [6, 6.07) is 7.87. The summed E-state index contributed by atoms with van der Waals surface area (Å²) in [5, 5.41) is 5.66. The molecular weight excluding hydrogens is 224 g/mol. The van der Waals surface area contributed by atoms with Crippen molar-refractivity contribution in [3.8, 4) is 0 Å². The highest BCUT2D eigenvalue weighted by atomic mass is 16.2. The predicted octanol–water partition coefficient (Wildman–Crippen LogP) is 3.91. The lowest BCUT2D eigenvalue weighted by molar-refractivity contribution is 0.252. The maximum absolute atomic E-state index is 11.5. The number of unbranched alkanes of at least 4 members (excludes halogenated alkanes) is 1. The fourth-order valence-electron chi connectivity index (χ4n) is 1.61. The topological polar surface area (TPSA) is 41.1 Å². The number of urea groups is 1. The standard InChI is InChI=1S/C15H24N2O/c1-5-6-11-16-14(18)17-13-9-7-12(8-10-13)15(2,3)4/h7-10H,5-6,11H2,1-4H3,(H2,16,17,18). The Bertz CT molecular complexity index is 376. The van der Waals surface area contributed by atoms with E-state index in [1.807, 2.05) is 12.1 Å². The van der Waals surface area contributed by atoms with Crippen LogP contribution in [-0.4, -0.2) is 12.6 Å². The summed E-state index contributed by atoms with van der Waals surface area (Å²) >= 11 is 0. The molecule has 1 rings (SSSR count). The van der Waals surface area contributed by atoms with Crippen LogP contribution in [0.25, 0.3) is 0 Å². The van der Waals surface area contributed by atoms with Crippen molar-refractivity contribution in [3.05, 3.63) is 29.8 Å². The van der Waals surface area contributed by atoms with Crippen LogP contribution >= 0.6 is 0 Å². The Morgan fingerprint density at radius 2 is 1.78 bits per heavy atom. The molecule has 0 spiro atoms. The third-order valence-corrected chi connectivity index (χ3v) is 2.82. The molecule has 0 heterocycles. The zero-order chi connectivity index (χ0) is 13.6. The lowest BCUT2D eigenvalue weighted by atomic mass is 9.87. The highest BCUT2D eigenvalue weighted by Gasteiger charge is 2.12. The fourth-order valence-corrected chi connectivity index (χ4v) is 1.61. The van der Waals surface area contributed by atoms with Gasteiger partial charge >= 0.3 is 6.03 Å². The monoisotopic (exact) mass is 248 g/mol. The molecule has 0 bridgehead atoms. The van der Waals surface area contributed by atoms with Gasteiger partial charge in [0.15, 0.2) is 0 Å². The van der Waals surface area contributed by atoms with Gasteiger partial charge in [-0.05, 0) is 29.5 Å². The second-order valence-electron chi connectivity index (χ2n) is 5.56. The van der Waals surface area contributed by atoms with Crippen molar-refractivity contribution < 1.29 is 4.79 Å². The van der Waals surface area contributed by atoms with E-state index in [0.29, 0.717) is 0 Å². The third kappa shape index (κ3) is 4.78. The van der Waals surface area contributed by atoms with Gasteiger partial charge in [0.2, 0.25) is 0 Å². The van der Waals surface area contributed by atoms with Gasteiger partial charge in [0, 0.05) is 12.2 Å². The number of benzene rings is 1. The lowest BCUT2D eigenvalue weighted by Gasteiger charge is -2.19. The van der Waals surface area contributed by atoms with Gasteiger partial charge in [-0.2, -0.15) is 0 Å². The van der Waals surface area contributed by atoms with Crippen LogP contribution in [0.2, 0.25) is 0 Å². The summed E-state index contributed by atoms with van der Waals surface area (Å²) < 4.78 is 0. The van der Waals surface area contributed by atoms with Crippen LogP contribution in [0.15, 0.2) is 24.3 Å². The molecule has 1 aromatic rings. The van der Waals surface area contributed by atoms with E-state index in [1.54, 1.807) is 0 Å². The fraction of sp³-hybridized carbons (Fsp3) is 0.533. The first-order valence-electron chi connectivity index (χ1n) is 6.59. The summed E-state index contributed by atoms with van der Waals surface area (Å²) in [5.74, 6) is 0. The van der Waals surface area contributed by atoms with Crippen molar-refractivity contribution in [1.29, 1.82) is 0 Å². The van der Waals surface area contributed by atoms with Crippen molar-refractivity contribution in [1.82, 2.24) is 5.32 Å². The van der Waals surface area contributed by atoms with Crippen molar-refractivity contribution in [2.24, 2.45) is 0 Å². The van der Waals surface area contributed by atoms with Gasteiger partial charge in [-0.15, -0.1) is 0 Å². The molecule has 0 aliphatic heterocycles. The molecule has 0 fully saturated rings. The number of amides is 2. The largest absolute Gasteiger partial charge is 0.338 e. The maximum atomic E-state index is 11.5. The average molecular weight is 248 g/mol. The van der Waals surface area contributed by atoms with Crippen LogP contribution in [0.4, 0.5) is 10.5 Å². The number of nitrogens with one attached hydrogen (secondary N) is 2. The minimum absolute atomic E-state index is 0.132. The number of rotatable bonds is 4. The molecule has 2 amide bonds. The van der Waals surface area contributed by atoms with E-state index in [9.17, 15) is 4.79 Å². The summed E-state index contributed by atoms with van der Waals surface area (Å²) in [6.07, 6.45) is 2.09. The van der Waals surface area contributed by atoms with Gasteiger partial charge in [0.05, 0.1) is 0 Å². The van der Waals surface area contributed by atoms with Crippen LogP contribution in [-0.2, 0) is 5.41 Å². The second-order valence-corrected chi connectivity index (χ2v) is 5.56. The molecular formula is C15H24N2O. The van der Waals surface area contributed by atoms with Crippen molar-refractivity contribution in [2.45, 2.75) is 46.0 Å². The van der Waals surface area contributed by atoms with E-state index < -0.39 is 0 Å². The Kier molecular flexibility index (Phi) is 5.20. The normalized spacial score (nSPS) is 11.1. The lowest BCUT2D eigenvalue weighted by Crippen LogP contribution is -2.29. The Balaban J connectivity index is 2.51. The summed E-state index contributed by atoms with van der Waals surface area (Å²) in [7, 11) is 0. The summed E-state index contributed by atoms with van der Waals surface area (Å²) in [5.41, 5.74) is 2.23. The first-order valence-corrected chi connectivity index (χ1v) is 6.59. The van der Waals surface area contributed by atoms with E-state index in [0.717, 1.165) is 25.1 Å². The molecule has 0 saturated carbocycles. The minimum Gasteiger partial charge on any atom is -0.338 e. The summed E-state index contributed by atoms with van der Waals surface area (Å²) in [4.78, 5) is 11.5. The quantitative estimate of drug-likeness (QED) is 0.779. The molecule has 0 atom stereocenters. The third-order valence-electron chi connectivity index (χ3n) is 2.82. The Morgan fingerprint density at radius 1 is 1.17 bits per heavy atom. The van der Waals surface area contributed by atoms with Crippen molar-refractivity contribution in [3.63, 3.8) is 0 Å². The number of hydrogen-bond acceptors (Lipinski definition) is 1. The van der Waals surface area contributed by atoms with Gasteiger partial charge in [-0.25, -0.2) is 4.79 Å². The van der Waals surface area contributed by atoms with Gasteiger partial charge < -0.3 is 10.6 Å². The molecule has 0 aliphatic rings. The first-order chi connectivity index (χ1) is 8.43. The van der Waals surface area contributed by atoms with Crippen LogP contribution in [0.5, 0.6) is 0 Å². The molecule has 1 aromatic carbocycles. The van der Waals surface area contributed by atoms with Gasteiger partial charge in [0.25, 0.3) is 0 Å². The number of carbonyl (C=O) groups is 1. The number of anilines is 1. The molecule has 0 aliphatic carbocycles. The van der Waals surface area contributed by atoms with Gasteiger partial charge in [0.1, 0.15) is 0 Å². The highest BCUT2D eigenvalue weighted by molar-refractivity contribution is 5.89. The smallest absolute Gasteiger partial charge is 0.319 e. The Hall–Kier alpha value is -1.51. The Labute approximate surface area is 110 Å².